The van der Waals surface area contributed by atoms with Crippen LogP contribution in [0.4, 0.5) is 4.79 Å². The van der Waals surface area contributed by atoms with Crippen LogP contribution in [-0.4, -0.2) is 57.5 Å². The number of nitrogens with two attached hydrogens (primary N) is 1. The van der Waals surface area contributed by atoms with Gasteiger partial charge in [0.25, 0.3) is 0 Å². The number of ether oxygens (including phenoxy) is 1. The fourth-order valence-corrected chi connectivity index (χ4v) is 4.37. The lowest BCUT2D eigenvalue weighted by Gasteiger charge is -2.38. The van der Waals surface area contributed by atoms with E-state index in [1.165, 1.54) is 11.0 Å². The van der Waals surface area contributed by atoms with Gasteiger partial charge in [0.1, 0.15) is 23.4 Å². The topological polar surface area (TPSA) is 151 Å². The van der Waals surface area contributed by atoms with Crippen LogP contribution < -0.4 is 16.4 Å². The molecule has 1 aliphatic carbocycles. The lowest BCUT2D eigenvalue weighted by molar-refractivity contribution is -0.145. The molecular weight excluding hydrogens is 464 g/mol. The van der Waals surface area contributed by atoms with E-state index in [0.29, 0.717) is 0 Å². The van der Waals surface area contributed by atoms with Crippen molar-refractivity contribution in [3.05, 3.63) is 29.8 Å². The van der Waals surface area contributed by atoms with Gasteiger partial charge in [-0.25, -0.2) is 4.79 Å². The van der Waals surface area contributed by atoms with Gasteiger partial charge in [0, 0.05) is 17.6 Å². The van der Waals surface area contributed by atoms with E-state index >= 15 is 0 Å². The number of para-hydroxylation sites is 1. The Labute approximate surface area is 212 Å². The Morgan fingerprint density at radius 3 is 2.25 bits per heavy atom. The van der Waals surface area contributed by atoms with Crippen molar-refractivity contribution in [1.29, 1.82) is 0 Å². The van der Waals surface area contributed by atoms with Crippen LogP contribution in [0.1, 0.15) is 84.7 Å². The number of amides is 4. The molecule has 2 atom stereocenters. The Hall–Kier alpha value is -3.30. The molecule has 5 N–H and O–H groups in total. The number of benzene rings is 1. The summed E-state index contributed by atoms with van der Waals surface area (Å²) in [6.45, 7) is 8.44. The van der Waals surface area contributed by atoms with Crippen molar-refractivity contribution in [1.82, 2.24) is 15.5 Å². The van der Waals surface area contributed by atoms with Gasteiger partial charge in [-0.05, 0) is 53.5 Å². The molecule has 0 radical (unpaired) electrons. The second-order valence-electron chi connectivity index (χ2n) is 10.5. The number of phenols is 1. The Morgan fingerprint density at radius 1 is 1.11 bits per heavy atom. The van der Waals surface area contributed by atoms with Gasteiger partial charge in [-0.1, -0.05) is 37.5 Å². The number of carbonyl (C=O) groups is 4. The summed E-state index contributed by atoms with van der Waals surface area (Å²) in [5.41, 5.74) is 4.79. The van der Waals surface area contributed by atoms with E-state index in [2.05, 4.69) is 10.6 Å². The third-order valence-corrected chi connectivity index (χ3v) is 5.91. The Morgan fingerprint density at radius 2 is 1.72 bits per heavy atom. The van der Waals surface area contributed by atoms with Crippen molar-refractivity contribution < 1.29 is 29.0 Å². The molecular formula is C26H40N4O6. The third kappa shape index (κ3) is 8.42. The number of aromatic hydroxyl groups is 1. The molecule has 0 aromatic heterocycles. The normalized spacial score (nSPS) is 16.1. The molecule has 200 valence electrons. The minimum Gasteiger partial charge on any atom is -0.508 e. The predicted octanol–water partition coefficient (Wildman–Crippen LogP) is 2.89. The molecule has 0 spiro atoms. The van der Waals surface area contributed by atoms with Crippen LogP contribution in [0.5, 0.6) is 5.75 Å². The highest BCUT2D eigenvalue weighted by Crippen LogP contribution is 2.32. The smallest absolute Gasteiger partial charge is 0.408 e. The van der Waals surface area contributed by atoms with Crippen LogP contribution in [0, 0.1) is 0 Å². The van der Waals surface area contributed by atoms with Gasteiger partial charge in [0.2, 0.25) is 17.7 Å². The highest BCUT2D eigenvalue weighted by atomic mass is 16.6. The highest BCUT2D eigenvalue weighted by molar-refractivity contribution is 5.95. The summed E-state index contributed by atoms with van der Waals surface area (Å²) < 4.78 is 5.26. The molecule has 1 aliphatic rings. The first-order chi connectivity index (χ1) is 16.8. The summed E-state index contributed by atoms with van der Waals surface area (Å²) in [4.78, 5) is 53.0. The van der Waals surface area contributed by atoms with E-state index in [1.54, 1.807) is 52.8 Å². The van der Waals surface area contributed by atoms with E-state index in [-0.39, 0.29) is 17.4 Å². The van der Waals surface area contributed by atoms with E-state index in [4.69, 9.17) is 10.5 Å². The summed E-state index contributed by atoms with van der Waals surface area (Å²) >= 11 is 0. The van der Waals surface area contributed by atoms with Gasteiger partial charge >= 0.3 is 6.09 Å². The van der Waals surface area contributed by atoms with Crippen LogP contribution in [0.2, 0.25) is 0 Å². The van der Waals surface area contributed by atoms with Crippen molar-refractivity contribution in [2.24, 2.45) is 5.73 Å². The number of phenolic OH excluding ortho intramolecular Hbond substituents is 1. The minimum atomic E-state index is -1.37. The number of alkyl carbamates (subject to hydrolysis) is 1. The van der Waals surface area contributed by atoms with E-state index in [9.17, 15) is 24.3 Å². The third-order valence-electron chi connectivity index (χ3n) is 5.91. The minimum absolute atomic E-state index is 0.0370. The number of carbonyl (C=O) groups excluding carboxylic acids is 4. The van der Waals surface area contributed by atoms with Crippen molar-refractivity contribution >= 4 is 23.8 Å². The second-order valence-corrected chi connectivity index (χ2v) is 10.5. The van der Waals surface area contributed by atoms with Crippen molar-refractivity contribution in [3.63, 3.8) is 0 Å². The molecule has 10 heteroatoms. The summed E-state index contributed by atoms with van der Waals surface area (Å²) in [5.74, 6) is -2.09. The number of primary amides is 1. The van der Waals surface area contributed by atoms with Gasteiger partial charge in [0.15, 0.2) is 0 Å². The largest absolute Gasteiger partial charge is 0.508 e. The number of hydrogen-bond donors (Lipinski definition) is 4. The molecule has 1 aromatic carbocycles. The Balaban J connectivity index is 2.46. The Bertz CT molecular complexity index is 937. The van der Waals surface area contributed by atoms with Crippen molar-refractivity contribution in [3.8, 4) is 5.75 Å². The maximum Gasteiger partial charge on any atom is 0.408 e. The number of rotatable bonds is 9. The maximum absolute atomic E-state index is 13.8. The molecule has 0 bridgehead atoms. The standard InChI is InChI=1S/C26H40N4O6/c1-16(2)30(24(34)19(15-21(27)32)29-25(35)36-26(3,4)5)22(18-13-9-10-14-20(18)31)23(33)28-17-11-7-6-8-12-17/h9-10,13-14,16-17,19,22,31H,6-8,11-12,15H2,1-5H3,(H2,27,32)(H,28,33)(H,29,35). The maximum atomic E-state index is 13.8. The lowest BCUT2D eigenvalue weighted by atomic mass is 9.94. The molecule has 36 heavy (non-hydrogen) atoms. The zero-order chi connectivity index (χ0) is 27.0. The van der Waals surface area contributed by atoms with Crippen LogP contribution >= 0.6 is 0 Å². The average molecular weight is 505 g/mol. The molecule has 2 unspecified atom stereocenters. The van der Waals surface area contributed by atoms with Gasteiger partial charge in [-0.2, -0.15) is 0 Å². The molecule has 4 amide bonds. The lowest BCUT2D eigenvalue weighted by Crippen LogP contribution is -2.56. The van der Waals surface area contributed by atoms with Crippen LogP contribution in [0.25, 0.3) is 0 Å². The SMILES string of the molecule is CC(C)N(C(=O)C(CC(N)=O)NC(=O)OC(C)(C)C)C(C(=O)NC1CCCCC1)c1ccccc1O. The second kappa shape index (κ2) is 12.6. The molecule has 0 saturated heterocycles. The first-order valence-corrected chi connectivity index (χ1v) is 12.5. The molecule has 1 fully saturated rings. The van der Waals surface area contributed by atoms with Crippen molar-refractivity contribution in [2.45, 2.75) is 103 Å². The molecule has 1 saturated carbocycles. The van der Waals surface area contributed by atoms with E-state index in [1.807, 2.05) is 0 Å². The van der Waals surface area contributed by atoms with Crippen LogP contribution in [0.3, 0.4) is 0 Å². The monoisotopic (exact) mass is 504 g/mol. The van der Waals surface area contributed by atoms with Gasteiger partial charge in [0.05, 0.1) is 6.42 Å². The highest BCUT2D eigenvalue weighted by Gasteiger charge is 2.40. The van der Waals surface area contributed by atoms with Gasteiger partial charge in [-0.3, -0.25) is 14.4 Å². The van der Waals surface area contributed by atoms with Crippen LogP contribution in [0.15, 0.2) is 24.3 Å². The van der Waals surface area contributed by atoms with Crippen LogP contribution in [-0.2, 0) is 19.1 Å². The fraction of sp³-hybridized carbons (Fsp3) is 0.615. The first kappa shape index (κ1) is 28.9. The molecule has 2 rings (SSSR count). The quantitative estimate of drug-likeness (QED) is 0.406. The van der Waals surface area contributed by atoms with E-state index in [0.717, 1.165) is 32.1 Å². The predicted molar refractivity (Wildman–Crippen MR) is 135 cm³/mol. The zero-order valence-electron chi connectivity index (χ0n) is 21.9. The van der Waals surface area contributed by atoms with Crippen molar-refractivity contribution in [2.75, 3.05) is 0 Å². The summed E-state index contributed by atoms with van der Waals surface area (Å²) in [6.07, 6.45) is 3.39. The summed E-state index contributed by atoms with van der Waals surface area (Å²) in [6, 6.07) is 3.17. The molecule has 0 heterocycles. The molecule has 1 aromatic rings. The zero-order valence-corrected chi connectivity index (χ0v) is 21.9. The number of nitrogens with one attached hydrogen (secondary N) is 2. The average Bonchev–Trinajstić information content (AvgIpc) is 2.76. The Kier molecular flexibility index (Phi) is 10.1. The fourth-order valence-electron chi connectivity index (χ4n) is 4.37. The molecule has 10 nitrogen and oxygen atoms in total. The summed E-state index contributed by atoms with van der Waals surface area (Å²) in [7, 11) is 0. The van der Waals surface area contributed by atoms with Gasteiger partial charge < -0.3 is 31.1 Å². The summed E-state index contributed by atoms with van der Waals surface area (Å²) in [5, 5.41) is 16.1. The first-order valence-electron chi connectivity index (χ1n) is 12.5. The van der Waals surface area contributed by atoms with Gasteiger partial charge in [-0.15, -0.1) is 0 Å². The van der Waals surface area contributed by atoms with E-state index < -0.39 is 54.0 Å². The molecule has 0 aliphatic heterocycles. The number of hydrogen-bond acceptors (Lipinski definition) is 6. The number of nitrogens with zero attached hydrogens (tertiary/aromatic N) is 1.